The quantitative estimate of drug-likeness (QED) is 0.435. The second kappa shape index (κ2) is 9.47. The molecular formula is C28H28N4O4. The number of carbonyl (C=O) groups is 2. The van der Waals surface area contributed by atoms with Crippen LogP contribution < -0.4 is 0 Å². The molecule has 2 aromatic carbocycles. The number of ketones is 1. The lowest BCUT2D eigenvalue weighted by Crippen LogP contribution is -2.58. The Hall–Kier alpha value is -4.17. The van der Waals surface area contributed by atoms with E-state index < -0.39 is 17.4 Å². The summed E-state index contributed by atoms with van der Waals surface area (Å²) in [6, 6.07) is 18.1. The fourth-order valence-corrected chi connectivity index (χ4v) is 5.10. The van der Waals surface area contributed by atoms with Crippen molar-refractivity contribution in [1.82, 2.24) is 20.1 Å². The van der Waals surface area contributed by atoms with Gasteiger partial charge in [0.1, 0.15) is 11.5 Å². The van der Waals surface area contributed by atoms with E-state index in [2.05, 4.69) is 36.0 Å². The lowest BCUT2D eigenvalue weighted by Gasteiger charge is -2.47. The van der Waals surface area contributed by atoms with Crippen LogP contribution in [0.15, 0.2) is 83.2 Å². The number of hydrazine groups is 1. The number of likely N-dealkylation sites (N-methyl/N-ethyl adjacent to an activating group) is 1. The summed E-state index contributed by atoms with van der Waals surface area (Å²) in [7, 11) is 1.70. The fraction of sp³-hybridized carbons (Fsp3) is 0.250. The number of hydrogen-bond donors (Lipinski definition) is 1. The highest BCUT2D eigenvalue weighted by Gasteiger charge is 2.41. The monoisotopic (exact) mass is 484 g/mol. The summed E-state index contributed by atoms with van der Waals surface area (Å²) >= 11 is 0. The van der Waals surface area contributed by atoms with Crippen LogP contribution in [0, 0.1) is 6.92 Å². The van der Waals surface area contributed by atoms with E-state index in [1.165, 1.54) is 11.1 Å². The predicted molar refractivity (Wildman–Crippen MR) is 133 cm³/mol. The van der Waals surface area contributed by atoms with Crippen molar-refractivity contribution >= 4 is 11.7 Å². The molecule has 0 unspecified atom stereocenters. The van der Waals surface area contributed by atoms with Crippen LogP contribution in [0.25, 0.3) is 0 Å². The Labute approximate surface area is 209 Å². The molecule has 1 aromatic heterocycles. The molecule has 1 amide bonds. The van der Waals surface area contributed by atoms with Crippen molar-refractivity contribution in [3.8, 4) is 0 Å². The van der Waals surface area contributed by atoms with Crippen molar-refractivity contribution in [2.24, 2.45) is 0 Å². The van der Waals surface area contributed by atoms with Crippen molar-refractivity contribution in [3.05, 3.63) is 112 Å². The number of aliphatic hydroxyl groups is 1. The van der Waals surface area contributed by atoms with Crippen molar-refractivity contribution < 1.29 is 19.2 Å². The molecule has 36 heavy (non-hydrogen) atoms. The van der Waals surface area contributed by atoms with Crippen LogP contribution in [0.1, 0.15) is 39.7 Å². The molecule has 5 rings (SSSR count). The van der Waals surface area contributed by atoms with E-state index in [9.17, 15) is 14.7 Å². The summed E-state index contributed by atoms with van der Waals surface area (Å²) in [5.41, 5.74) is 5.16. The van der Waals surface area contributed by atoms with E-state index in [1.54, 1.807) is 29.9 Å². The number of aromatic nitrogens is 1. The normalized spacial score (nSPS) is 17.9. The van der Waals surface area contributed by atoms with Crippen LogP contribution in [0.3, 0.4) is 0 Å². The van der Waals surface area contributed by atoms with Gasteiger partial charge in [0, 0.05) is 13.1 Å². The van der Waals surface area contributed by atoms with Crippen LogP contribution in [0.5, 0.6) is 0 Å². The van der Waals surface area contributed by atoms with E-state index in [-0.39, 0.29) is 25.0 Å². The number of hydrogen-bond acceptors (Lipinski definition) is 7. The average Bonchev–Trinajstić information content (AvgIpc) is 3.22. The molecule has 1 aliphatic heterocycles. The van der Waals surface area contributed by atoms with Crippen LogP contribution in [-0.4, -0.2) is 50.6 Å². The minimum absolute atomic E-state index is 0.106. The fourth-order valence-electron chi connectivity index (χ4n) is 5.10. The van der Waals surface area contributed by atoms with Crippen LogP contribution in [-0.2, 0) is 29.0 Å². The maximum Gasteiger partial charge on any atom is 0.277 e. The lowest BCUT2D eigenvalue weighted by atomic mass is 9.94. The average molecular weight is 485 g/mol. The van der Waals surface area contributed by atoms with Gasteiger partial charge in [0.05, 0.1) is 19.3 Å². The number of amides is 1. The number of allylic oxidation sites excluding steroid dienone is 1. The molecule has 1 aliphatic carbocycles. The maximum absolute atomic E-state index is 13.6. The summed E-state index contributed by atoms with van der Waals surface area (Å²) in [5.74, 6) is -1.20. The predicted octanol–water partition coefficient (Wildman–Crippen LogP) is 3.84. The number of fused-ring (bicyclic) bond motifs is 2. The Balaban J connectivity index is 1.67. The zero-order valence-corrected chi connectivity index (χ0v) is 20.3. The van der Waals surface area contributed by atoms with Crippen molar-refractivity contribution in [2.45, 2.75) is 32.4 Å². The van der Waals surface area contributed by atoms with Crippen LogP contribution in [0.4, 0.5) is 0 Å². The van der Waals surface area contributed by atoms with E-state index in [1.807, 2.05) is 29.3 Å². The van der Waals surface area contributed by atoms with Gasteiger partial charge in [0.2, 0.25) is 5.78 Å². The summed E-state index contributed by atoms with van der Waals surface area (Å²) in [6.45, 7) is 5.64. The zero-order valence-electron chi connectivity index (χ0n) is 20.3. The smallest absolute Gasteiger partial charge is 0.277 e. The number of aliphatic hydroxyl groups excluding tert-OH is 1. The standard InChI is InChI=1S/C28H28N4O4/c1-4-24(33)27(34)26-28(35)31(16-21-15-18(2)36-29-21)17-32(30(26)3)25-22-11-7-5-9-19(22)13-14-20-10-6-8-12-23(20)25/h4-12,15,25,34H,1,13-14,16-17H2,2-3H3/b27-26+. The second-order valence-corrected chi connectivity index (χ2v) is 9.10. The van der Waals surface area contributed by atoms with Crippen molar-refractivity contribution in [2.75, 3.05) is 13.7 Å². The number of nitrogens with zero attached hydrogens (tertiary/aromatic N) is 4. The highest BCUT2D eigenvalue weighted by atomic mass is 16.5. The summed E-state index contributed by atoms with van der Waals surface area (Å²) in [5, 5.41) is 18.5. The molecule has 0 saturated carbocycles. The Morgan fingerprint density at radius 1 is 1.14 bits per heavy atom. The molecule has 8 nitrogen and oxygen atoms in total. The number of benzene rings is 2. The van der Waals surface area contributed by atoms with Crippen LogP contribution >= 0.6 is 0 Å². The molecule has 8 heteroatoms. The second-order valence-electron chi connectivity index (χ2n) is 9.10. The van der Waals surface area contributed by atoms with Gasteiger partial charge in [0.25, 0.3) is 5.91 Å². The van der Waals surface area contributed by atoms with Crippen molar-refractivity contribution in [1.29, 1.82) is 0 Å². The SMILES string of the molecule is C=CC(=O)/C(O)=C1/C(=O)N(Cc2cc(C)on2)CN(C2c3ccccc3CCc3ccccc32)N1C. The highest BCUT2D eigenvalue weighted by molar-refractivity contribution is 6.08. The van der Waals surface area contributed by atoms with Crippen LogP contribution in [0.2, 0.25) is 0 Å². The number of aryl methyl sites for hydroxylation is 3. The molecule has 2 aliphatic rings. The largest absolute Gasteiger partial charge is 0.503 e. The molecular weight excluding hydrogens is 456 g/mol. The Morgan fingerprint density at radius 3 is 2.31 bits per heavy atom. The third kappa shape index (κ3) is 4.09. The molecule has 0 radical (unpaired) electrons. The molecule has 184 valence electrons. The van der Waals surface area contributed by atoms with E-state index in [0.717, 1.165) is 30.0 Å². The molecule has 0 spiro atoms. The topological polar surface area (TPSA) is 90.1 Å². The highest BCUT2D eigenvalue weighted by Crippen LogP contribution is 2.40. The van der Waals surface area contributed by atoms with E-state index >= 15 is 0 Å². The molecule has 1 fully saturated rings. The summed E-state index contributed by atoms with van der Waals surface area (Å²) in [6.07, 6.45) is 2.79. The minimum Gasteiger partial charge on any atom is -0.503 e. The zero-order chi connectivity index (χ0) is 25.4. The number of carbonyl (C=O) groups excluding carboxylic acids is 2. The molecule has 1 N–H and O–H groups in total. The minimum atomic E-state index is -0.717. The molecule has 2 heterocycles. The van der Waals surface area contributed by atoms with Gasteiger partial charge < -0.3 is 14.5 Å². The van der Waals surface area contributed by atoms with Gasteiger partial charge in [0.15, 0.2) is 11.5 Å². The Kier molecular flexibility index (Phi) is 6.20. The first-order valence-electron chi connectivity index (χ1n) is 11.9. The first-order valence-corrected chi connectivity index (χ1v) is 11.9. The van der Waals surface area contributed by atoms with E-state index in [0.29, 0.717) is 11.5 Å². The Morgan fingerprint density at radius 2 is 1.75 bits per heavy atom. The van der Waals surface area contributed by atoms with Gasteiger partial charge in [-0.05, 0) is 48.1 Å². The summed E-state index contributed by atoms with van der Waals surface area (Å²) < 4.78 is 5.20. The summed E-state index contributed by atoms with van der Waals surface area (Å²) in [4.78, 5) is 27.6. The molecule has 1 saturated heterocycles. The van der Waals surface area contributed by atoms with Gasteiger partial charge in [-0.15, -0.1) is 0 Å². The third-order valence-corrected chi connectivity index (χ3v) is 6.85. The lowest BCUT2D eigenvalue weighted by molar-refractivity contribution is -0.153. The first kappa shape index (κ1) is 23.6. The maximum atomic E-state index is 13.6. The van der Waals surface area contributed by atoms with Gasteiger partial charge >= 0.3 is 0 Å². The van der Waals surface area contributed by atoms with Gasteiger partial charge in [-0.2, -0.15) is 5.01 Å². The Bertz CT molecular complexity index is 1330. The number of rotatable bonds is 5. The molecule has 3 aromatic rings. The van der Waals surface area contributed by atoms with Gasteiger partial charge in [-0.25, -0.2) is 0 Å². The molecule has 0 bridgehead atoms. The third-order valence-electron chi connectivity index (χ3n) is 6.85. The first-order chi connectivity index (χ1) is 17.4. The van der Waals surface area contributed by atoms with E-state index in [4.69, 9.17) is 4.52 Å². The van der Waals surface area contributed by atoms with Gasteiger partial charge in [-0.1, -0.05) is 60.3 Å². The van der Waals surface area contributed by atoms with Gasteiger partial charge in [-0.3, -0.25) is 14.6 Å². The van der Waals surface area contributed by atoms with Crippen molar-refractivity contribution in [3.63, 3.8) is 0 Å². The molecule has 0 atom stereocenters.